The molecule has 7 nitrogen and oxygen atoms in total. The third-order valence-corrected chi connectivity index (χ3v) is 5.39. The summed E-state index contributed by atoms with van der Waals surface area (Å²) in [4.78, 5) is 31.3. The number of carbonyl (C=O) groups excluding carboxylic acids is 2. The fourth-order valence-corrected chi connectivity index (χ4v) is 3.94. The summed E-state index contributed by atoms with van der Waals surface area (Å²) in [5.41, 5.74) is 7.77. The molecule has 170 valence electrons. The fourth-order valence-electron chi connectivity index (χ4n) is 3.94. The molecule has 3 rings (SSSR count). The van der Waals surface area contributed by atoms with Gasteiger partial charge in [-0.1, -0.05) is 38.1 Å². The van der Waals surface area contributed by atoms with Crippen molar-refractivity contribution in [3.05, 3.63) is 65.2 Å². The second-order valence-electron chi connectivity index (χ2n) is 8.69. The number of guanidine groups is 1. The topological polar surface area (TPSA) is 97.0 Å². The minimum Gasteiger partial charge on any atom is -0.494 e. The van der Waals surface area contributed by atoms with E-state index in [2.05, 4.69) is 24.2 Å². The molecule has 1 atom stereocenters. The molecule has 0 aliphatic carbocycles. The van der Waals surface area contributed by atoms with Crippen molar-refractivity contribution < 1.29 is 14.3 Å². The molecule has 0 spiro atoms. The number of nitrogens with two attached hydrogens (primary N) is 1. The van der Waals surface area contributed by atoms with Gasteiger partial charge in [0.1, 0.15) is 11.3 Å². The van der Waals surface area contributed by atoms with Crippen molar-refractivity contribution in [2.75, 3.05) is 6.61 Å². The van der Waals surface area contributed by atoms with E-state index < -0.39 is 5.54 Å². The first-order valence-electron chi connectivity index (χ1n) is 11.0. The molecule has 2 aromatic carbocycles. The zero-order valence-corrected chi connectivity index (χ0v) is 19.2. The molecule has 1 heterocycles. The van der Waals surface area contributed by atoms with Crippen molar-refractivity contribution in [3.63, 3.8) is 0 Å². The molecule has 2 aromatic rings. The molecule has 32 heavy (non-hydrogen) atoms. The molecule has 1 unspecified atom stereocenters. The fraction of sp³-hybridized carbons (Fsp3) is 0.400. The van der Waals surface area contributed by atoms with Gasteiger partial charge in [-0.2, -0.15) is 0 Å². The SMILES string of the molecule is CCOc1ccc(C(=O)NCc2ccc(CN3C(=O)C(C)(CC(C)C)N=C3N)cc2)cc1. The van der Waals surface area contributed by atoms with Crippen LogP contribution in [-0.2, 0) is 17.9 Å². The molecular weight excluding hydrogens is 404 g/mol. The maximum atomic E-state index is 12.9. The zero-order valence-electron chi connectivity index (χ0n) is 19.2. The van der Waals surface area contributed by atoms with Gasteiger partial charge in [-0.05, 0) is 61.6 Å². The number of nitrogens with zero attached hydrogens (tertiary/aromatic N) is 2. The van der Waals surface area contributed by atoms with Gasteiger partial charge in [-0.15, -0.1) is 0 Å². The Morgan fingerprint density at radius 1 is 1.12 bits per heavy atom. The lowest BCUT2D eigenvalue weighted by Crippen LogP contribution is -2.43. The first-order valence-corrected chi connectivity index (χ1v) is 11.0. The van der Waals surface area contributed by atoms with Gasteiger partial charge in [0.2, 0.25) is 0 Å². The molecular formula is C25H32N4O3. The molecule has 0 bridgehead atoms. The molecule has 0 saturated carbocycles. The van der Waals surface area contributed by atoms with Crippen LogP contribution in [0.4, 0.5) is 0 Å². The van der Waals surface area contributed by atoms with E-state index in [1.807, 2.05) is 38.1 Å². The van der Waals surface area contributed by atoms with E-state index in [4.69, 9.17) is 10.5 Å². The van der Waals surface area contributed by atoms with Crippen LogP contribution >= 0.6 is 0 Å². The minimum absolute atomic E-state index is 0.0598. The second kappa shape index (κ2) is 9.85. The first kappa shape index (κ1) is 23.3. The van der Waals surface area contributed by atoms with Crippen molar-refractivity contribution >= 4 is 17.8 Å². The lowest BCUT2D eigenvalue weighted by Gasteiger charge is -2.23. The standard InChI is InChI=1S/C25H32N4O3/c1-5-32-21-12-10-20(11-13-21)22(30)27-15-18-6-8-19(9-7-18)16-29-23(31)25(4,14-17(2)3)28-24(29)26/h6-13,17H,5,14-16H2,1-4H3,(H2,26,28)(H,27,30). The number of benzene rings is 2. The quantitative estimate of drug-likeness (QED) is 0.629. The Kier molecular flexibility index (Phi) is 7.18. The molecule has 0 radical (unpaired) electrons. The lowest BCUT2D eigenvalue weighted by atomic mass is 9.91. The van der Waals surface area contributed by atoms with Gasteiger partial charge in [-0.25, -0.2) is 4.99 Å². The summed E-state index contributed by atoms with van der Waals surface area (Å²) in [6.45, 7) is 9.27. The zero-order chi connectivity index (χ0) is 23.3. The number of hydrogen-bond acceptors (Lipinski definition) is 5. The summed E-state index contributed by atoms with van der Waals surface area (Å²) in [5, 5.41) is 2.92. The van der Waals surface area contributed by atoms with Crippen LogP contribution in [0.15, 0.2) is 53.5 Å². The summed E-state index contributed by atoms with van der Waals surface area (Å²) in [6.07, 6.45) is 0.663. The molecule has 1 aliphatic heterocycles. The Balaban J connectivity index is 1.56. The summed E-state index contributed by atoms with van der Waals surface area (Å²) in [7, 11) is 0. The normalized spacial score (nSPS) is 18.1. The Hall–Kier alpha value is -3.35. The minimum atomic E-state index is -0.788. The van der Waals surface area contributed by atoms with E-state index in [1.54, 1.807) is 29.2 Å². The predicted molar refractivity (Wildman–Crippen MR) is 125 cm³/mol. The summed E-state index contributed by atoms with van der Waals surface area (Å²) < 4.78 is 5.40. The predicted octanol–water partition coefficient (Wildman–Crippen LogP) is 3.48. The number of hydrogen-bond donors (Lipinski definition) is 2. The number of rotatable bonds is 9. The van der Waals surface area contributed by atoms with Crippen LogP contribution in [0, 0.1) is 5.92 Å². The highest BCUT2D eigenvalue weighted by Gasteiger charge is 2.43. The third-order valence-electron chi connectivity index (χ3n) is 5.39. The maximum Gasteiger partial charge on any atom is 0.257 e. The molecule has 0 aromatic heterocycles. The van der Waals surface area contributed by atoms with Gasteiger partial charge in [0, 0.05) is 12.1 Å². The molecule has 1 aliphatic rings. The molecule has 2 amide bonds. The Bertz CT molecular complexity index is 983. The number of nitrogens with one attached hydrogen (secondary N) is 1. The number of carbonyl (C=O) groups is 2. The van der Waals surface area contributed by atoms with Crippen molar-refractivity contribution in [1.82, 2.24) is 10.2 Å². The van der Waals surface area contributed by atoms with E-state index in [-0.39, 0.29) is 17.8 Å². The first-order chi connectivity index (χ1) is 15.2. The van der Waals surface area contributed by atoms with Crippen LogP contribution in [0.2, 0.25) is 0 Å². The average molecular weight is 437 g/mol. The van der Waals surface area contributed by atoms with Crippen LogP contribution < -0.4 is 15.8 Å². The largest absolute Gasteiger partial charge is 0.494 e. The highest BCUT2D eigenvalue weighted by atomic mass is 16.5. The van der Waals surface area contributed by atoms with Gasteiger partial charge < -0.3 is 15.8 Å². The van der Waals surface area contributed by atoms with Crippen LogP contribution in [0.25, 0.3) is 0 Å². The van der Waals surface area contributed by atoms with Crippen LogP contribution in [-0.4, -0.2) is 34.8 Å². The smallest absolute Gasteiger partial charge is 0.257 e. The van der Waals surface area contributed by atoms with E-state index in [0.29, 0.717) is 37.6 Å². The van der Waals surface area contributed by atoms with Crippen molar-refractivity contribution in [1.29, 1.82) is 0 Å². The molecule has 0 saturated heterocycles. The summed E-state index contributed by atoms with van der Waals surface area (Å²) in [5.74, 6) is 1.15. The molecule has 0 fully saturated rings. The van der Waals surface area contributed by atoms with E-state index in [0.717, 1.165) is 16.9 Å². The van der Waals surface area contributed by atoms with Crippen LogP contribution in [0.1, 0.15) is 55.6 Å². The Morgan fingerprint density at radius 2 is 1.75 bits per heavy atom. The van der Waals surface area contributed by atoms with Gasteiger partial charge in [0.15, 0.2) is 5.96 Å². The van der Waals surface area contributed by atoms with Gasteiger partial charge in [0.25, 0.3) is 11.8 Å². The van der Waals surface area contributed by atoms with Crippen molar-refractivity contribution in [2.45, 2.75) is 52.7 Å². The molecule has 3 N–H and O–H groups in total. The van der Waals surface area contributed by atoms with Gasteiger partial charge in [-0.3, -0.25) is 14.5 Å². The lowest BCUT2D eigenvalue weighted by molar-refractivity contribution is -0.131. The summed E-state index contributed by atoms with van der Waals surface area (Å²) in [6, 6.07) is 14.8. The second-order valence-corrected chi connectivity index (χ2v) is 8.69. The number of aliphatic imine (C=N–C) groups is 1. The molecule has 7 heteroatoms. The van der Waals surface area contributed by atoms with Crippen LogP contribution in [0.5, 0.6) is 5.75 Å². The van der Waals surface area contributed by atoms with Crippen LogP contribution in [0.3, 0.4) is 0 Å². The van der Waals surface area contributed by atoms with Crippen molar-refractivity contribution in [2.24, 2.45) is 16.6 Å². The third kappa shape index (κ3) is 5.46. The Labute approximate surface area is 189 Å². The highest BCUT2D eigenvalue weighted by molar-refractivity contribution is 6.06. The van der Waals surface area contributed by atoms with Crippen molar-refractivity contribution in [3.8, 4) is 5.75 Å². The van der Waals surface area contributed by atoms with E-state index >= 15 is 0 Å². The maximum absolute atomic E-state index is 12.9. The van der Waals surface area contributed by atoms with Gasteiger partial charge >= 0.3 is 0 Å². The number of amides is 2. The average Bonchev–Trinajstić information content (AvgIpc) is 2.96. The highest BCUT2D eigenvalue weighted by Crippen LogP contribution is 2.29. The van der Waals surface area contributed by atoms with E-state index in [1.165, 1.54) is 0 Å². The van der Waals surface area contributed by atoms with E-state index in [9.17, 15) is 9.59 Å². The summed E-state index contributed by atoms with van der Waals surface area (Å²) >= 11 is 0. The number of ether oxygens (including phenoxy) is 1. The van der Waals surface area contributed by atoms with Gasteiger partial charge in [0.05, 0.1) is 13.2 Å². The Morgan fingerprint density at radius 3 is 2.34 bits per heavy atom. The monoisotopic (exact) mass is 436 g/mol.